The Morgan fingerprint density at radius 1 is 0.969 bits per heavy atom. The highest BCUT2D eigenvalue weighted by Crippen LogP contribution is 2.37. The van der Waals surface area contributed by atoms with Crippen molar-refractivity contribution in [3.8, 4) is 0 Å². The molecule has 0 unspecified atom stereocenters. The Hall–Kier alpha value is -3.17. The minimum Gasteiger partial charge on any atom is -0.338 e. The third kappa shape index (κ3) is 3.67. The van der Waals surface area contributed by atoms with E-state index in [0.29, 0.717) is 0 Å². The number of fused-ring (bicyclic) bond motifs is 1. The number of anilines is 2. The molecule has 2 amide bonds. The number of hydrogen-bond acceptors (Lipinski definition) is 5. The Morgan fingerprint density at radius 2 is 1.59 bits per heavy atom. The van der Waals surface area contributed by atoms with Crippen molar-refractivity contribution in [1.29, 1.82) is 0 Å². The molecule has 0 atom stereocenters. The van der Waals surface area contributed by atoms with Crippen molar-refractivity contribution in [1.82, 2.24) is 9.55 Å². The van der Waals surface area contributed by atoms with E-state index in [9.17, 15) is 18.0 Å². The Bertz CT molecular complexity index is 1360. The zero-order valence-electron chi connectivity index (χ0n) is 17.9. The lowest BCUT2D eigenvalue weighted by molar-refractivity contribution is 0.0925. The summed E-state index contributed by atoms with van der Waals surface area (Å²) in [5.74, 6) is -1.24. The molecule has 0 bridgehead atoms. The number of nitrogens with zero attached hydrogens (tertiary/aromatic N) is 3. The molecular formula is C22H21ClN4O4S. The van der Waals surface area contributed by atoms with Crippen molar-refractivity contribution < 1.29 is 18.0 Å². The number of rotatable bonds is 4. The van der Waals surface area contributed by atoms with E-state index in [0.717, 1.165) is 10.5 Å². The first-order valence-corrected chi connectivity index (χ1v) is 11.6. The molecule has 2 heterocycles. The van der Waals surface area contributed by atoms with E-state index < -0.39 is 21.8 Å². The smallest absolute Gasteiger partial charge is 0.269 e. The number of aromatic nitrogens is 2. The first-order valence-electron chi connectivity index (χ1n) is 9.73. The standard InChI is InChI=1S/C22H21ClN4O4S/c1-22(2,3)13-5-7-14(8-6-13)32(30,31)25-16-10-9-15(23)18-19(16)21(29)27(20(18)28)17-11-26(4)12-24-17/h5-12,25H,1-4H3. The molecule has 0 saturated carbocycles. The number of amides is 2. The Balaban J connectivity index is 1.73. The summed E-state index contributed by atoms with van der Waals surface area (Å²) in [7, 11) is -2.32. The van der Waals surface area contributed by atoms with Gasteiger partial charge in [-0.3, -0.25) is 14.3 Å². The minimum absolute atomic E-state index is 0.0268. The highest BCUT2D eigenvalue weighted by atomic mass is 35.5. The predicted octanol–water partition coefficient (Wildman–Crippen LogP) is 3.97. The SMILES string of the molecule is Cn1cnc(N2C(=O)c3c(Cl)ccc(NS(=O)(=O)c4ccc(C(C)(C)C)cc4)c3C2=O)c1. The number of aryl methyl sites for hydroxylation is 1. The number of hydrogen-bond donors (Lipinski definition) is 1. The summed E-state index contributed by atoms with van der Waals surface area (Å²) in [6.45, 7) is 6.09. The van der Waals surface area contributed by atoms with Crippen LogP contribution in [0.15, 0.2) is 53.8 Å². The zero-order valence-corrected chi connectivity index (χ0v) is 19.5. The second-order valence-electron chi connectivity index (χ2n) is 8.57. The van der Waals surface area contributed by atoms with Crippen molar-refractivity contribution in [2.45, 2.75) is 31.1 Å². The number of benzene rings is 2. The molecule has 1 aliphatic heterocycles. The first-order chi connectivity index (χ1) is 14.9. The van der Waals surface area contributed by atoms with Gasteiger partial charge in [0.1, 0.15) is 0 Å². The van der Waals surface area contributed by atoms with Crippen LogP contribution in [0.3, 0.4) is 0 Å². The van der Waals surface area contributed by atoms with Crippen molar-refractivity contribution in [2.24, 2.45) is 7.05 Å². The fourth-order valence-electron chi connectivity index (χ4n) is 3.47. The van der Waals surface area contributed by atoms with Crippen LogP contribution in [0.2, 0.25) is 5.02 Å². The highest BCUT2D eigenvalue weighted by Gasteiger charge is 2.42. The number of nitrogens with one attached hydrogen (secondary N) is 1. The minimum atomic E-state index is -4.02. The molecule has 1 aliphatic rings. The van der Waals surface area contributed by atoms with Crippen LogP contribution in [0, 0.1) is 0 Å². The summed E-state index contributed by atoms with van der Waals surface area (Å²) in [4.78, 5) is 31.1. The molecule has 0 aliphatic carbocycles. The third-order valence-electron chi connectivity index (χ3n) is 5.18. The lowest BCUT2D eigenvalue weighted by atomic mass is 9.87. The van der Waals surface area contributed by atoms with E-state index in [2.05, 4.69) is 9.71 Å². The molecule has 4 rings (SSSR count). The molecule has 1 aromatic heterocycles. The van der Waals surface area contributed by atoms with Gasteiger partial charge in [0, 0.05) is 13.2 Å². The fraction of sp³-hybridized carbons (Fsp3) is 0.227. The quantitative estimate of drug-likeness (QED) is 0.579. The first kappa shape index (κ1) is 22.0. The second kappa shape index (κ2) is 7.46. The number of sulfonamides is 1. The van der Waals surface area contributed by atoms with Crippen LogP contribution < -0.4 is 9.62 Å². The maximum atomic E-state index is 13.1. The van der Waals surface area contributed by atoms with Gasteiger partial charge in [0.25, 0.3) is 21.8 Å². The number of carbonyl (C=O) groups excluding carboxylic acids is 2. The average Bonchev–Trinajstić information content (AvgIpc) is 3.24. The van der Waals surface area contributed by atoms with E-state index in [1.807, 2.05) is 20.8 Å². The van der Waals surface area contributed by atoms with Gasteiger partial charge in [0.05, 0.1) is 33.1 Å². The number of carbonyl (C=O) groups is 2. The van der Waals surface area contributed by atoms with E-state index in [1.54, 1.807) is 23.7 Å². The lowest BCUT2D eigenvalue weighted by Gasteiger charge is -2.19. The molecule has 1 N–H and O–H groups in total. The van der Waals surface area contributed by atoms with Gasteiger partial charge >= 0.3 is 0 Å². The molecule has 0 spiro atoms. The summed E-state index contributed by atoms with van der Waals surface area (Å²) >= 11 is 6.21. The van der Waals surface area contributed by atoms with Crippen molar-refractivity contribution >= 4 is 44.9 Å². The molecule has 2 aromatic carbocycles. The largest absolute Gasteiger partial charge is 0.338 e. The van der Waals surface area contributed by atoms with Crippen molar-refractivity contribution in [2.75, 3.05) is 9.62 Å². The van der Waals surface area contributed by atoms with Crippen LogP contribution in [-0.4, -0.2) is 29.8 Å². The molecule has 32 heavy (non-hydrogen) atoms. The van der Waals surface area contributed by atoms with Gasteiger partial charge in [-0.25, -0.2) is 18.3 Å². The average molecular weight is 473 g/mol. The summed E-state index contributed by atoms with van der Waals surface area (Å²) in [6, 6.07) is 9.26. The Labute approximate surface area is 190 Å². The van der Waals surface area contributed by atoms with Gasteiger partial charge in [-0.2, -0.15) is 0 Å². The number of halogens is 1. The van der Waals surface area contributed by atoms with Gasteiger partial charge in [-0.1, -0.05) is 44.5 Å². The fourth-order valence-corrected chi connectivity index (χ4v) is 4.78. The van der Waals surface area contributed by atoms with Crippen LogP contribution in [0.4, 0.5) is 11.5 Å². The van der Waals surface area contributed by atoms with E-state index >= 15 is 0 Å². The Kier molecular flexibility index (Phi) is 5.14. The lowest BCUT2D eigenvalue weighted by Crippen LogP contribution is -2.30. The van der Waals surface area contributed by atoms with Crippen LogP contribution >= 0.6 is 11.6 Å². The summed E-state index contributed by atoms with van der Waals surface area (Å²) in [6.07, 6.45) is 2.96. The summed E-state index contributed by atoms with van der Waals surface area (Å²) in [5, 5.41) is 0.0502. The highest BCUT2D eigenvalue weighted by molar-refractivity contribution is 7.92. The molecule has 0 fully saturated rings. The molecule has 8 nitrogen and oxygen atoms in total. The van der Waals surface area contributed by atoms with Gasteiger partial charge in [0.15, 0.2) is 5.82 Å². The molecule has 10 heteroatoms. The molecule has 166 valence electrons. The van der Waals surface area contributed by atoms with E-state index in [4.69, 9.17) is 11.6 Å². The van der Waals surface area contributed by atoms with E-state index in [-0.39, 0.29) is 38.0 Å². The zero-order chi connectivity index (χ0) is 23.4. The second-order valence-corrected chi connectivity index (χ2v) is 10.7. The van der Waals surface area contributed by atoms with Gasteiger partial charge < -0.3 is 4.57 Å². The van der Waals surface area contributed by atoms with Crippen molar-refractivity contribution in [3.63, 3.8) is 0 Å². The summed E-state index contributed by atoms with van der Waals surface area (Å²) in [5.41, 5.74) is 0.652. The molecular weight excluding hydrogens is 452 g/mol. The van der Waals surface area contributed by atoms with Crippen LogP contribution in [-0.2, 0) is 22.5 Å². The van der Waals surface area contributed by atoms with Crippen LogP contribution in [0.1, 0.15) is 47.1 Å². The van der Waals surface area contributed by atoms with Crippen LogP contribution in [0.25, 0.3) is 0 Å². The predicted molar refractivity (Wildman–Crippen MR) is 122 cm³/mol. The maximum Gasteiger partial charge on any atom is 0.269 e. The monoisotopic (exact) mass is 472 g/mol. The molecule has 0 radical (unpaired) electrons. The van der Waals surface area contributed by atoms with Crippen molar-refractivity contribution in [3.05, 3.63) is 70.6 Å². The Morgan fingerprint density at radius 3 is 2.16 bits per heavy atom. The summed E-state index contributed by atoms with van der Waals surface area (Å²) < 4.78 is 30.1. The molecule has 3 aromatic rings. The maximum absolute atomic E-state index is 13.1. The van der Waals surface area contributed by atoms with Gasteiger partial charge in [-0.05, 0) is 35.2 Å². The number of imide groups is 1. The van der Waals surface area contributed by atoms with E-state index in [1.165, 1.54) is 36.8 Å². The van der Waals surface area contributed by atoms with Crippen LogP contribution in [0.5, 0.6) is 0 Å². The van der Waals surface area contributed by atoms with Gasteiger partial charge in [0.2, 0.25) is 0 Å². The van der Waals surface area contributed by atoms with Gasteiger partial charge in [-0.15, -0.1) is 0 Å². The topological polar surface area (TPSA) is 101 Å². The normalized spacial score (nSPS) is 14.1. The third-order valence-corrected chi connectivity index (χ3v) is 6.88. The molecule has 0 saturated heterocycles. The number of imidazole rings is 1.